The minimum Gasteiger partial charge on any atom is -0.477 e. The minimum absolute atomic E-state index is 0.00783. The number of carboxylic acid groups (broad SMARTS) is 1. The first-order chi connectivity index (χ1) is 17.6. The molecule has 37 heavy (non-hydrogen) atoms. The van der Waals surface area contributed by atoms with Crippen LogP contribution in [0.25, 0.3) is 9.40 Å². The number of thiophene rings is 1. The molecule has 1 unspecified atom stereocenters. The van der Waals surface area contributed by atoms with Crippen molar-refractivity contribution in [2.75, 3.05) is 11.5 Å². The number of nitrogens with zero attached hydrogens (tertiary/aromatic N) is 3. The van der Waals surface area contributed by atoms with E-state index in [1.807, 2.05) is 0 Å². The molecule has 0 saturated carbocycles. The Morgan fingerprint density at radius 1 is 1.30 bits per heavy atom. The summed E-state index contributed by atoms with van der Waals surface area (Å²) in [5, 5.41) is 25.7. The number of carbonyl (C=O) groups excluding carboxylic acids is 2. The summed E-state index contributed by atoms with van der Waals surface area (Å²) in [7, 11) is 0. The second-order valence-corrected chi connectivity index (χ2v) is 13.8. The van der Waals surface area contributed by atoms with Crippen molar-refractivity contribution in [2.45, 2.75) is 15.6 Å². The normalized spacial score (nSPS) is 19.7. The summed E-state index contributed by atoms with van der Waals surface area (Å²) in [6.07, 6.45) is 0. The fourth-order valence-corrected chi connectivity index (χ4v) is 9.76. The predicted octanol–water partition coefficient (Wildman–Crippen LogP) is 3.34. The molecule has 2 aliphatic rings. The lowest BCUT2D eigenvalue weighted by atomic mass is 10.0. The van der Waals surface area contributed by atoms with Gasteiger partial charge in [0.2, 0.25) is 5.43 Å². The van der Waals surface area contributed by atoms with Crippen LogP contribution >= 0.6 is 80.7 Å². The Balaban J connectivity index is 1.40. The Morgan fingerprint density at radius 3 is 2.70 bits per heavy atom. The molecule has 3 aromatic heterocycles. The van der Waals surface area contributed by atoms with Gasteiger partial charge in [0.25, 0.3) is 11.8 Å². The molecule has 192 valence electrons. The number of hydrogen-bond acceptors (Lipinski definition) is 13. The summed E-state index contributed by atoms with van der Waals surface area (Å²) in [4.78, 5) is 55.8. The first-order valence-electron chi connectivity index (χ1n) is 9.86. The SMILES string of the molecule is Nc1nc(/C(=N\O)C(=O)NC2C(=O)N3C(C(=O)O)=C(Sc4sc5ccsc5c(=O)c4Cl)CS[C@H]23)c(Cl)s1. The molecule has 2 atom stereocenters. The number of nitrogens with two attached hydrogens (primary N) is 1. The molecule has 5 rings (SSSR count). The molecule has 0 aromatic carbocycles. The fourth-order valence-electron chi connectivity index (χ4n) is 3.60. The van der Waals surface area contributed by atoms with E-state index in [4.69, 9.17) is 28.9 Å². The number of amides is 2. The number of β-lactam (4-membered cyclic amide) rings is 1. The Labute approximate surface area is 236 Å². The van der Waals surface area contributed by atoms with Crippen molar-refractivity contribution >= 4 is 119 Å². The predicted molar refractivity (Wildman–Crippen MR) is 146 cm³/mol. The van der Waals surface area contributed by atoms with Crippen LogP contribution in [0.2, 0.25) is 9.36 Å². The van der Waals surface area contributed by atoms with Crippen molar-refractivity contribution in [3.8, 4) is 0 Å². The smallest absolute Gasteiger partial charge is 0.353 e. The van der Waals surface area contributed by atoms with Gasteiger partial charge in [-0.25, -0.2) is 9.78 Å². The highest BCUT2D eigenvalue weighted by molar-refractivity contribution is 8.07. The van der Waals surface area contributed by atoms with Crippen molar-refractivity contribution in [1.82, 2.24) is 15.2 Å². The molecule has 5 N–H and O–H groups in total. The third-order valence-electron chi connectivity index (χ3n) is 5.20. The number of aromatic nitrogens is 1. The maximum Gasteiger partial charge on any atom is 0.353 e. The molecule has 0 radical (unpaired) electrons. The molecule has 0 spiro atoms. The quantitative estimate of drug-likeness (QED) is 0.136. The molecule has 2 aliphatic heterocycles. The number of halogens is 2. The fraction of sp³-hybridized carbons (Fsp3) is 0.158. The summed E-state index contributed by atoms with van der Waals surface area (Å²) >= 11 is 18.0. The molecule has 0 bridgehead atoms. The number of thioether (sulfide) groups is 2. The molecule has 18 heteroatoms. The van der Waals surface area contributed by atoms with Crippen LogP contribution in [-0.2, 0) is 14.4 Å². The van der Waals surface area contributed by atoms with E-state index in [2.05, 4.69) is 15.5 Å². The largest absolute Gasteiger partial charge is 0.477 e. The van der Waals surface area contributed by atoms with Crippen molar-refractivity contribution < 1.29 is 24.7 Å². The van der Waals surface area contributed by atoms with Gasteiger partial charge in [-0.05, 0) is 11.4 Å². The van der Waals surface area contributed by atoms with E-state index in [1.165, 1.54) is 34.4 Å². The summed E-state index contributed by atoms with van der Waals surface area (Å²) in [6, 6.07) is 0.695. The zero-order valence-electron chi connectivity index (χ0n) is 17.8. The van der Waals surface area contributed by atoms with Gasteiger partial charge in [0.15, 0.2) is 10.8 Å². The van der Waals surface area contributed by atoms with Crippen molar-refractivity contribution in [1.29, 1.82) is 0 Å². The zero-order chi connectivity index (χ0) is 26.6. The Morgan fingerprint density at radius 2 is 2.05 bits per heavy atom. The zero-order valence-corrected chi connectivity index (χ0v) is 23.4. The lowest BCUT2D eigenvalue weighted by Crippen LogP contribution is -2.71. The molecule has 1 fully saturated rings. The summed E-state index contributed by atoms with van der Waals surface area (Å²) in [5.41, 5.74) is 4.30. The first kappa shape index (κ1) is 26.3. The third-order valence-corrected chi connectivity index (χ3v) is 11.8. The highest BCUT2D eigenvalue weighted by Gasteiger charge is 2.54. The number of carbonyl (C=O) groups is 3. The number of oxime groups is 1. The average Bonchev–Trinajstić information content (AvgIpc) is 3.46. The molecule has 1 saturated heterocycles. The van der Waals surface area contributed by atoms with E-state index in [0.29, 0.717) is 13.8 Å². The van der Waals surface area contributed by atoms with Gasteiger partial charge in [0.05, 0.1) is 13.6 Å². The van der Waals surface area contributed by atoms with Crippen molar-refractivity contribution in [3.05, 3.63) is 47.3 Å². The molecular formula is C19H11Cl2N5O6S5. The van der Waals surface area contributed by atoms with E-state index < -0.39 is 34.9 Å². The standard InChI is InChI=1S/C19H11Cl2N5O6S5/c20-6-11(27)12-4(1-2-33-12)35-18(6)36-5-3-34-16-9(15(29)26(16)10(5)17(30)31)23-14(28)8(25-32)7-13(21)37-19(22)24-7/h1-2,9,16,32H,3H2,(H2,22,24)(H,23,28)(H,30,31)/b25-8+/t9?,16-/m1/s1. The van der Waals surface area contributed by atoms with Crippen LogP contribution in [0.15, 0.2) is 36.2 Å². The van der Waals surface area contributed by atoms with Crippen LogP contribution < -0.4 is 16.5 Å². The number of rotatable bonds is 6. The van der Waals surface area contributed by atoms with Crippen LogP contribution in [0.5, 0.6) is 0 Å². The maximum atomic E-state index is 13.0. The van der Waals surface area contributed by atoms with Crippen LogP contribution in [0.3, 0.4) is 0 Å². The monoisotopic (exact) mass is 635 g/mol. The molecule has 0 aliphatic carbocycles. The second-order valence-electron chi connectivity index (χ2n) is 7.31. The molecule has 5 heterocycles. The molecule has 3 aromatic rings. The Kier molecular flexibility index (Phi) is 7.16. The lowest BCUT2D eigenvalue weighted by Gasteiger charge is -2.49. The number of aliphatic carboxylic acids is 1. The van der Waals surface area contributed by atoms with Gasteiger partial charge in [0, 0.05) is 10.7 Å². The highest BCUT2D eigenvalue weighted by atomic mass is 35.5. The first-order valence-corrected chi connectivity index (χ1v) is 15.0. The molecule has 11 nitrogen and oxygen atoms in total. The lowest BCUT2D eigenvalue weighted by molar-refractivity contribution is -0.150. The Bertz CT molecular complexity index is 1610. The van der Waals surface area contributed by atoms with Crippen LogP contribution in [0, 0.1) is 0 Å². The number of hydrogen-bond donors (Lipinski definition) is 4. The highest BCUT2D eigenvalue weighted by Crippen LogP contribution is 2.47. The topological polar surface area (TPSA) is 175 Å². The summed E-state index contributed by atoms with van der Waals surface area (Å²) in [5.74, 6) is -2.76. The molecule has 2 amide bonds. The van der Waals surface area contributed by atoms with E-state index in [9.17, 15) is 29.5 Å². The average molecular weight is 637 g/mol. The number of thiazole rings is 1. The number of nitrogen functional groups attached to an aromatic ring is 1. The Hall–Kier alpha value is -2.34. The van der Waals surface area contributed by atoms with Crippen LogP contribution in [-0.4, -0.2) is 60.9 Å². The van der Waals surface area contributed by atoms with Crippen LogP contribution in [0.1, 0.15) is 5.69 Å². The molecular weight excluding hydrogens is 625 g/mol. The van der Waals surface area contributed by atoms with E-state index in [1.54, 1.807) is 11.4 Å². The van der Waals surface area contributed by atoms with Gasteiger partial charge in [-0.15, -0.1) is 34.4 Å². The van der Waals surface area contributed by atoms with Gasteiger partial charge in [-0.1, -0.05) is 51.5 Å². The second kappa shape index (κ2) is 10.1. The van der Waals surface area contributed by atoms with E-state index in [-0.39, 0.29) is 37.1 Å². The number of anilines is 1. The van der Waals surface area contributed by atoms with Gasteiger partial charge < -0.3 is 21.4 Å². The van der Waals surface area contributed by atoms with Crippen molar-refractivity contribution in [2.24, 2.45) is 5.16 Å². The number of nitrogens with one attached hydrogen (secondary N) is 1. The number of carboxylic acids is 1. The summed E-state index contributed by atoms with van der Waals surface area (Å²) in [6.45, 7) is 0. The van der Waals surface area contributed by atoms with Gasteiger partial charge in [-0.2, -0.15) is 0 Å². The number of fused-ring (bicyclic) bond motifs is 2. The van der Waals surface area contributed by atoms with Gasteiger partial charge in [-0.3, -0.25) is 19.3 Å². The van der Waals surface area contributed by atoms with Crippen molar-refractivity contribution in [3.63, 3.8) is 0 Å². The van der Waals surface area contributed by atoms with Gasteiger partial charge >= 0.3 is 5.97 Å². The van der Waals surface area contributed by atoms with Gasteiger partial charge in [0.1, 0.15) is 32.2 Å². The van der Waals surface area contributed by atoms with Crippen LogP contribution in [0.4, 0.5) is 5.13 Å². The van der Waals surface area contributed by atoms with E-state index in [0.717, 1.165) is 32.7 Å². The summed E-state index contributed by atoms with van der Waals surface area (Å²) < 4.78 is 1.69. The third kappa shape index (κ3) is 4.49. The minimum atomic E-state index is -1.34. The maximum absolute atomic E-state index is 13.0. The van der Waals surface area contributed by atoms with E-state index >= 15 is 0 Å².